The highest BCUT2D eigenvalue weighted by Gasteiger charge is 2.05. The topological polar surface area (TPSA) is 43.7 Å². The fraction of sp³-hybridized carbons (Fsp3) is 1.00. The van der Waals surface area contributed by atoms with Crippen LogP contribution in [-0.4, -0.2) is 47.5 Å². The van der Waals surface area contributed by atoms with E-state index in [1.807, 2.05) is 0 Å². The number of rotatable bonds is 7. The van der Waals surface area contributed by atoms with Crippen molar-refractivity contribution < 1.29 is 10.2 Å². The number of nitrogens with zero attached hydrogens (tertiary/aromatic N) is 1. The van der Waals surface area contributed by atoms with E-state index in [9.17, 15) is 5.11 Å². The van der Waals surface area contributed by atoms with E-state index in [4.69, 9.17) is 5.11 Å². The van der Waals surface area contributed by atoms with Crippen LogP contribution in [0.5, 0.6) is 0 Å². The minimum absolute atomic E-state index is 0.0828. The van der Waals surface area contributed by atoms with E-state index in [0.29, 0.717) is 6.42 Å². The molecule has 1 unspecified atom stereocenters. The summed E-state index contributed by atoms with van der Waals surface area (Å²) in [6.07, 6.45) is 0.930. The van der Waals surface area contributed by atoms with Crippen molar-refractivity contribution in [2.45, 2.75) is 32.8 Å². The van der Waals surface area contributed by atoms with Crippen molar-refractivity contribution in [3.63, 3.8) is 0 Å². The minimum Gasteiger partial charge on any atom is -0.396 e. The van der Waals surface area contributed by atoms with E-state index >= 15 is 0 Å². The monoisotopic (exact) mass is 175 g/mol. The summed E-state index contributed by atoms with van der Waals surface area (Å²) in [5.41, 5.74) is 0. The van der Waals surface area contributed by atoms with Gasteiger partial charge in [-0.15, -0.1) is 0 Å². The third kappa shape index (κ3) is 5.52. The molecule has 0 bridgehead atoms. The van der Waals surface area contributed by atoms with Gasteiger partial charge >= 0.3 is 0 Å². The van der Waals surface area contributed by atoms with Gasteiger partial charge in [-0.3, -0.25) is 0 Å². The van der Waals surface area contributed by atoms with E-state index in [-0.39, 0.29) is 12.7 Å². The van der Waals surface area contributed by atoms with Gasteiger partial charge in [-0.05, 0) is 25.9 Å². The molecule has 12 heavy (non-hydrogen) atoms. The van der Waals surface area contributed by atoms with Gasteiger partial charge in [-0.25, -0.2) is 0 Å². The summed E-state index contributed by atoms with van der Waals surface area (Å²) in [7, 11) is 0. The molecule has 3 nitrogen and oxygen atoms in total. The van der Waals surface area contributed by atoms with Gasteiger partial charge in [0.1, 0.15) is 0 Å². The molecule has 0 aromatic heterocycles. The molecule has 0 spiro atoms. The molecule has 0 amide bonds. The molecule has 0 saturated heterocycles. The van der Waals surface area contributed by atoms with Gasteiger partial charge in [0.25, 0.3) is 0 Å². The SMILES string of the molecule is CCN(CC)CCC(O)CCO. The van der Waals surface area contributed by atoms with E-state index in [2.05, 4.69) is 18.7 Å². The highest BCUT2D eigenvalue weighted by molar-refractivity contribution is 4.59. The molecule has 0 aliphatic carbocycles. The Bertz CT molecular complexity index is 94.5. The lowest BCUT2D eigenvalue weighted by Crippen LogP contribution is -2.27. The van der Waals surface area contributed by atoms with Crippen LogP contribution >= 0.6 is 0 Å². The molecular formula is C9H21NO2. The summed E-state index contributed by atoms with van der Waals surface area (Å²) in [4.78, 5) is 2.26. The number of hydrogen-bond donors (Lipinski definition) is 2. The zero-order valence-electron chi connectivity index (χ0n) is 8.16. The van der Waals surface area contributed by atoms with Crippen LogP contribution in [0.25, 0.3) is 0 Å². The minimum atomic E-state index is -0.337. The number of aliphatic hydroxyl groups excluding tert-OH is 2. The quantitative estimate of drug-likeness (QED) is 0.591. The van der Waals surface area contributed by atoms with E-state index < -0.39 is 0 Å². The second kappa shape index (κ2) is 7.53. The Morgan fingerprint density at radius 1 is 1.17 bits per heavy atom. The van der Waals surface area contributed by atoms with Gasteiger partial charge in [0.2, 0.25) is 0 Å². The van der Waals surface area contributed by atoms with Crippen LogP contribution in [0.3, 0.4) is 0 Å². The Morgan fingerprint density at radius 3 is 2.17 bits per heavy atom. The molecule has 0 aromatic rings. The molecule has 74 valence electrons. The molecule has 2 N–H and O–H groups in total. The first-order valence-corrected chi connectivity index (χ1v) is 4.75. The molecule has 0 radical (unpaired) electrons. The van der Waals surface area contributed by atoms with Crippen molar-refractivity contribution in [2.75, 3.05) is 26.2 Å². The van der Waals surface area contributed by atoms with Gasteiger partial charge in [0.05, 0.1) is 6.10 Å². The molecule has 0 rings (SSSR count). The second-order valence-electron chi connectivity index (χ2n) is 2.98. The van der Waals surface area contributed by atoms with Crippen LogP contribution in [0.4, 0.5) is 0 Å². The standard InChI is InChI=1S/C9H21NO2/c1-3-10(4-2)7-5-9(12)6-8-11/h9,11-12H,3-8H2,1-2H3. The number of hydrogen-bond acceptors (Lipinski definition) is 3. The zero-order valence-corrected chi connectivity index (χ0v) is 8.16. The van der Waals surface area contributed by atoms with Crippen LogP contribution in [-0.2, 0) is 0 Å². The summed E-state index contributed by atoms with van der Waals surface area (Å²) >= 11 is 0. The maximum Gasteiger partial charge on any atom is 0.0574 e. The van der Waals surface area contributed by atoms with Crippen molar-refractivity contribution in [3.8, 4) is 0 Å². The maximum absolute atomic E-state index is 9.30. The Hall–Kier alpha value is -0.120. The van der Waals surface area contributed by atoms with Crippen LogP contribution in [0.15, 0.2) is 0 Å². The Labute approximate surface area is 75.0 Å². The van der Waals surface area contributed by atoms with Crippen LogP contribution in [0.2, 0.25) is 0 Å². The average molecular weight is 175 g/mol. The Morgan fingerprint density at radius 2 is 1.75 bits per heavy atom. The molecule has 1 atom stereocenters. The molecule has 0 aliphatic heterocycles. The largest absolute Gasteiger partial charge is 0.396 e. The first-order chi connectivity index (χ1) is 5.74. The molecule has 0 aliphatic rings. The van der Waals surface area contributed by atoms with Crippen molar-refractivity contribution in [1.29, 1.82) is 0 Å². The first-order valence-electron chi connectivity index (χ1n) is 4.75. The number of aliphatic hydroxyl groups is 2. The predicted molar refractivity (Wildman–Crippen MR) is 50.1 cm³/mol. The summed E-state index contributed by atoms with van der Waals surface area (Å²) in [5.74, 6) is 0. The third-order valence-corrected chi connectivity index (χ3v) is 2.14. The highest BCUT2D eigenvalue weighted by Crippen LogP contribution is 1.99. The molecule has 0 aromatic carbocycles. The van der Waals surface area contributed by atoms with Crippen LogP contribution < -0.4 is 0 Å². The van der Waals surface area contributed by atoms with E-state index in [1.165, 1.54) is 0 Å². The summed E-state index contributed by atoms with van der Waals surface area (Å²) < 4.78 is 0. The van der Waals surface area contributed by atoms with Crippen LogP contribution in [0, 0.1) is 0 Å². The fourth-order valence-corrected chi connectivity index (χ4v) is 1.16. The third-order valence-electron chi connectivity index (χ3n) is 2.14. The van der Waals surface area contributed by atoms with Gasteiger partial charge < -0.3 is 15.1 Å². The summed E-state index contributed by atoms with van der Waals surface area (Å²) in [6.45, 7) is 7.29. The summed E-state index contributed by atoms with van der Waals surface area (Å²) in [6, 6.07) is 0. The highest BCUT2D eigenvalue weighted by atomic mass is 16.3. The normalized spacial score (nSPS) is 13.8. The molecule has 0 fully saturated rings. The molecule has 3 heteroatoms. The second-order valence-corrected chi connectivity index (χ2v) is 2.98. The molecular weight excluding hydrogens is 154 g/mol. The Balaban J connectivity index is 3.37. The lowest BCUT2D eigenvalue weighted by molar-refractivity contribution is 0.111. The Kier molecular flexibility index (Phi) is 7.45. The van der Waals surface area contributed by atoms with Crippen molar-refractivity contribution in [3.05, 3.63) is 0 Å². The lowest BCUT2D eigenvalue weighted by atomic mass is 10.2. The smallest absolute Gasteiger partial charge is 0.0574 e. The average Bonchev–Trinajstić information content (AvgIpc) is 2.07. The van der Waals surface area contributed by atoms with E-state index in [0.717, 1.165) is 26.1 Å². The first kappa shape index (κ1) is 11.9. The molecule has 0 heterocycles. The maximum atomic E-state index is 9.30. The van der Waals surface area contributed by atoms with E-state index in [1.54, 1.807) is 0 Å². The van der Waals surface area contributed by atoms with Gasteiger partial charge in [-0.1, -0.05) is 13.8 Å². The van der Waals surface area contributed by atoms with Crippen molar-refractivity contribution in [2.24, 2.45) is 0 Å². The van der Waals surface area contributed by atoms with Gasteiger partial charge in [0, 0.05) is 13.2 Å². The van der Waals surface area contributed by atoms with Gasteiger partial charge in [-0.2, -0.15) is 0 Å². The van der Waals surface area contributed by atoms with Gasteiger partial charge in [0.15, 0.2) is 0 Å². The van der Waals surface area contributed by atoms with Crippen molar-refractivity contribution in [1.82, 2.24) is 4.90 Å². The lowest BCUT2D eigenvalue weighted by Gasteiger charge is -2.19. The zero-order chi connectivity index (χ0) is 9.40. The van der Waals surface area contributed by atoms with Crippen molar-refractivity contribution >= 4 is 0 Å². The fourth-order valence-electron chi connectivity index (χ4n) is 1.16. The predicted octanol–water partition coefficient (Wildman–Crippen LogP) is 0.462. The molecule has 0 saturated carbocycles. The van der Waals surface area contributed by atoms with Crippen LogP contribution in [0.1, 0.15) is 26.7 Å². The summed E-state index contributed by atoms with van der Waals surface area (Å²) in [5, 5.41) is 17.8.